The molecule has 0 fully saturated rings. The zero-order chi connectivity index (χ0) is 18.4. The van der Waals surface area contributed by atoms with Crippen LogP contribution in [0.5, 0.6) is 5.75 Å². The first kappa shape index (κ1) is 18.7. The van der Waals surface area contributed by atoms with Crippen LogP contribution in [0, 0.1) is 5.82 Å². The predicted molar refractivity (Wildman–Crippen MR) is 91.2 cm³/mol. The number of hydrogen-bond donors (Lipinski definition) is 1. The molecule has 2 aromatic carbocycles. The molecule has 2 rings (SSSR count). The zero-order valence-corrected chi connectivity index (χ0v) is 14.5. The van der Waals surface area contributed by atoms with Gasteiger partial charge >= 0.3 is 5.97 Å². The lowest BCUT2D eigenvalue weighted by molar-refractivity contribution is -0.124. The number of esters is 1. The van der Waals surface area contributed by atoms with Gasteiger partial charge in [0.2, 0.25) is 0 Å². The number of rotatable bonds is 6. The summed E-state index contributed by atoms with van der Waals surface area (Å²) in [4.78, 5) is 23.8. The Hall–Kier alpha value is -2.60. The predicted octanol–water partition coefficient (Wildman–Crippen LogP) is 3.52. The lowest BCUT2D eigenvalue weighted by Gasteiger charge is -2.15. The van der Waals surface area contributed by atoms with Crippen LogP contribution in [0.4, 0.5) is 4.39 Å². The summed E-state index contributed by atoms with van der Waals surface area (Å²) in [5.41, 5.74) is 0.515. The molecule has 0 radical (unpaired) electrons. The van der Waals surface area contributed by atoms with Crippen LogP contribution in [0.1, 0.15) is 28.9 Å². The normalized spacial score (nSPS) is 11.5. The number of amides is 1. The van der Waals surface area contributed by atoms with Gasteiger partial charge in [-0.1, -0.05) is 23.7 Å². The first-order chi connectivity index (χ1) is 11.9. The zero-order valence-electron chi connectivity index (χ0n) is 13.7. The Kier molecular flexibility index (Phi) is 6.36. The highest BCUT2D eigenvalue weighted by Crippen LogP contribution is 2.19. The molecule has 1 N–H and O–H groups in total. The van der Waals surface area contributed by atoms with Crippen LogP contribution in [0.3, 0.4) is 0 Å². The van der Waals surface area contributed by atoms with E-state index in [-0.39, 0.29) is 16.6 Å². The van der Waals surface area contributed by atoms with Gasteiger partial charge in [0.1, 0.15) is 11.6 Å². The van der Waals surface area contributed by atoms with E-state index in [0.29, 0.717) is 5.75 Å². The summed E-state index contributed by atoms with van der Waals surface area (Å²) in [7, 11) is 1.55. The minimum Gasteiger partial charge on any atom is -0.497 e. The molecule has 1 atom stereocenters. The highest BCUT2D eigenvalue weighted by atomic mass is 35.5. The van der Waals surface area contributed by atoms with E-state index in [1.165, 1.54) is 6.07 Å². The van der Waals surface area contributed by atoms with E-state index in [9.17, 15) is 14.0 Å². The van der Waals surface area contributed by atoms with E-state index >= 15 is 0 Å². The molecule has 0 bridgehead atoms. The molecule has 1 amide bonds. The molecule has 5 nitrogen and oxygen atoms in total. The van der Waals surface area contributed by atoms with Crippen molar-refractivity contribution in [3.05, 3.63) is 64.4 Å². The van der Waals surface area contributed by atoms with Gasteiger partial charge in [0.25, 0.3) is 5.91 Å². The fraction of sp³-hybridized carbons (Fsp3) is 0.222. The summed E-state index contributed by atoms with van der Waals surface area (Å²) in [6.45, 7) is 1.25. The highest BCUT2D eigenvalue weighted by Gasteiger charge is 2.16. The fourth-order valence-corrected chi connectivity index (χ4v) is 2.31. The number of carbonyl (C=O) groups excluding carboxylic acids is 2. The molecular formula is C18H17ClFNO4. The molecule has 0 aromatic heterocycles. The number of halogens is 2. The van der Waals surface area contributed by atoms with Crippen molar-refractivity contribution in [1.29, 1.82) is 0 Å². The second-order valence-electron chi connectivity index (χ2n) is 5.27. The standard InChI is InChI=1S/C18H17ClFNO4/c1-11(12-4-3-5-14(8-12)24-2)21-17(22)10-25-18(23)15-9-13(19)6-7-16(15)20/h3-9,11H,10H2,1-2H3,(H,21,22). The van der Waals surface area contributed by atoms with Crippen LogP contribution in [0.25, 0.3) is 0 Å². The number of ether oxygens (including phenoxy) is 2. The average molecular weight is 366 g/mol. The summed E-state index contributed by atoms with van der Waals surface area (Å²) >= 11 is 5.72. The second-order valence-corrected chi connectivity index (χ2v) is 5.70. The Morgan fingerprint density at radius 1 is 1.24 bits per heavy atom. The largest absolute Gasteiger partial charge is 0.497 e. The van der Waals surface area contributed by atoms with E-state index in [0.717, 1.165) is 17.7 Å². The summed E-state index contributed by atoms with van der Waals surface area (Å²) in [5, 5.41) is 2.89. The van der Waals surface area contributed by atoms with E-state index < -0.39 is 24.3 Å². The molecule has 25 heavy (non-hydrogen) atoms. The van der Waals surface area contributed by atoms with Gasteiger partial charge < -0.3 is 14.8 Å². The first-order valence-corrected chi connectivity index (χ1v) is 7.84. The van der Waals surface area contributed by atoms with Crippen molar-refractivity contribution in [3.63, 3.8) is 0 Å². The maximum Gasteiger partial charge on any atom is 0.341 e. The summed E-state index contributed by atoms with van der Waals surface area (Å²) < 4.78 is 23.5. The Balaban J connectivity index is 1.91. The van der Waals surface area contributed by atoms with Gasteiger partial charge in [0.15, 0.2) is 6.61 Å². The van der Waals surface area contributed by atoms with Crippen LogP contribution >= 0.6 is 11.6 Å². The summed E-state index contributed by atoms with van der Waals surface area (Å²) in [6, 6.07) is 10.4. The lowest BCUT2D eigenvalue weighted by atomic mass is 10.1. The van der Waals surface area contributed by atoms with Crippen molar-refractivity contribution in [2.45, 2.75) is 13.0 Å². The van der Waals surface area contributed by atoms with Gasteiger partial charge in [-0.05, 0) is 42.8 Å². The summed E-state index contributed by atoms with van der Waals surface area (Å²) in [5.74, 6) is -1.56. The molecular weight excluding hydrogens is 349 g/mol. The van der Waals surface area contributed by atoms with E-state index in [4.69, 9.17) is 21.1 Å². The van der Waals surface area contributed by atoms with Crippen LogP contribution < -0.4 is 10.1 Å². The quantitative estimate of drug-likeness (QED) is 0.795. The van der Waals surface area contributed by atoms with Crippen molar-refractivity contribution in [1.82, 2.24) is 5.32 Å². The molecule has 0 aliphatic heterocycles. The Morgan fingerprint density at radius 2 is 2.00 bits per heavy atom. The summed E-state index contributed by atoms with van der Waals surface area (Å²) in [6.07, 6.45) is 0. The van der Waals surface area contributed by atoms with E-state index in [1.54, 1.807) is 32.2 Å². The third-order valence-corrected chi connectivity index (χ3v) is 3.69. The molecule has 132 valence electrons. The van der Waals surface area contributed by atoms with Crippen molar-refractivity contribution in [2.24, 2.45) is 0 Å². The van der Waals surface area contributed by atoms with Crippen LogP contribution in [0.15, 0.2) is 42.5 Å². The molecule has 1 unspecified atom stereocenters. The van der Waals surface area contributed by atoms with Gasteiger partial charge in [0, 0.05) is 5.02 Å². The Morgan fingerprint density at radius 3 is 2.72 bits per heavy atom. The third-order valence-electron chi connectivity index (χ3n) is 3.45. The molecule has 0 saturated carbocycles. The smallest absolute Gasteiger partial charge is 0.341 e. The maximum absolute atomic E-state index is 13.6. The molecule has 0 heterocycles. The number of methoxy groups -OCH3 is 1. The van der Waals surface area contributed by atoms with Crippen molar-refractivity contribution < 1.29 is 23.5 Å². The molecule has 0 aliphatic rings. The third kappa shape index (κ3) is 5.19. The first-order valence-electron chi connectivity index (χ1n) is 7.46. The SMILES string of the molecule is COc1cccc(C(C)NC(=O)COC(=O)c2cc(Cl)ccc2F)c1. The van der Waals surface area contributed by atoms with Crippen LogP contribution in [-0.4, -0.2) is 25.6 Å². The van der Waals surface area contributed by atoms with Crippen molar-refractivity contribution >= 4 is 23.5 Å². The number of carbonyl (C=O) groups is 2. The molecule has 0 saturated heterocycles. The van der Waals surface area contributed by atoms with Crippen molar-refractivity contribution in [3.8, 4) is 5.75 Å². The number of nitrogens with one attached hydrogen (secondary N) is 1. The van der Waals surface area contributed by atoms with Gasteiger partial charge in [-0.15, -0.1) is 0 Å². The molecule has 0 spiro atoms. The Bertz CT molecular complexity index is 781. The van der Waals surface area contributed by atoms with E-state index in [1.807, 2.05) is 6.07 Å². The van der Waals surface area contributed by atoms with Gasteiger partial charge in [-0.2, -0.15) is 0 Å². The average Bonchev–Trinajstić information content (AvgIpc) is 2.61. The monoisotopic (exact) mass is 365 g/mol. The molecule has 0 aliphatic carbocycles. The molecule has 7 heteroatoms. The van der Waals surface area contributed by atoms with Gasteiger partial charge in [-0.25, -0.2) is 9.18 Å². The number of benzene rings is 2. The number of hydrogen-bond acceptors (Lipinski definition) is 4. The second kappa shape index (κ2) is 8.48. The Labute approximate surface area is 149 Å². The van der Waals surface area contributed by atoms with Crippen molar-refractivity contribution in [2.75, 3.05) is 13.7 Å². The maximum atomic E-state index is 13.6. The molecule has 2 aromatic rings. The van der Waals surface area contributed by atoms with Crippen LogP contribution in [-0.2, 0) is 9.53 Å². The van der Waals surface area contributed by atoms with Gasteiger partial charge in [-0.3, -0.25) is 4.79 Å². The topological polar surface area (TPSA) is 64.6 Å². The van der Waals surface area contributed by atoms with E-state index in [2.05, 4.69) is 5.32 Å². The fourth-order valence-electron chi connectivity index (χ4n) is 2.14. The minimum absolute atomic E-state index is 0.199. The highest BCUT2D eigenvalue weighted by molar-refractivity contribution is 6.30. The lowest BCUT2D eigenvalue weighted by Crippen LogP contribution is -2.31. The minimum atomic E-state index is -0.954. The van der Waals surface area contributed by atoms with Crippen LogP contribution in [0.2, 0.25) is 5.02 Å². The van der Waals surface area contributed by atoms with Gasteiger partial charge in [0.05, 0.1) is 18.7 Å².